The van der Waals surface area contributed by atoms with Gasteiger partial charge >= 0.3 is 5.97 Å². The number of methoxy groups -OCH3 is 1. The highest BCUT2D eigenvalue weighted by atomic mass is 32.1. The van der Waals surface area contributed by atoms with Crippen LogP contribution >= 0.6 is 11.3 Å². The summed E-state index contributed by atoms with van der Waals surface area (Å²) in [6.07, 6.45) is 3.32. The zero-order valence-electron chi connectivity index (χ0n) is 9.51. The summed E-state index contributed by atoms with van der Waals surface area (Å²) in [6.45, 7) is 1.33. The number of hydrogen-bond donors (Lipinski definition) is 0. The van der Waals surface area contributed by atoms with Gasteiger partial charge in [-0.3, -0.25) is 4.79 Å². The predicted molar refractivity (Wildman–Crippen MR) is 64.6 cm³/mol. The lowest BCUT2D eigenvalue weighted by Gasteiger charge is -2.25. The van der Waals surface area contributed by atoms with E-state index in [1.165, 1.54) is 23.6 Å². The molecule has 5 heteroatoms. The number of hydrogen-bond acceptors (Lipinski definition) is 4. The van der Waals surface area contributed by atoms with E-state index in [4.69, 9.17) is 0 Å². The molecule has 0 bridgehead atoms. The van der Waals surface area contributed by atoms with Crippen LogP contribution in [0.5, 0.6) is 0 Å². The Labute approximate surface area is 103 Å². The van der Waals surface area contributed by atoms with E-state index in [0.717, 1.165) is 12.5 Å². The molecule has 1 aromatic rings. The molecule has 2 heterocycles. The summed E-state index contributed by atoms with van der Waals surface area (Å²) < 4.78 is 4.44. The molecule has 0 aromatic carbocycles. The van der Waals surface area contributed by atoms with Crippen molar-refractivity contribution in [3.63, 3.8) is 0 Å². The Kier molecular flexibility index (Phi) is 3.58. The number of carbonyl (C=O) groups is 2. The first kappa shape index (κ1) is 11.9. The highest BCUT2D eigenvalue weighted by Gasteiger charge is 2.19. The zero-order valence-corrected chi connectivity index (χ0v) is 10.3. The summed E-state index contributed by atoms with van der Waals surface area (Å²) in [5.41, 5.74) is 1.21. The fourth-order valence-corrected chi connectivity index (χ4v) is 2.64. The minimum Gasteiger partial charge on any atom is -0.466 e. The van der Waals surface area contributed by atoms with Crippen LogP contribution in [-0.4, -0.2) is 30.4 Å². The van der Waals surface area contributed by atoms with Crippen molar-refractivity contribution in [3.8, 4) is 0 Å². The minimum atomic E-state index is -0.508. The molecule has 1 aliphatic rings. The normalized spacial score (nSPS) is 14.8. The van der Waals surface area contributed by atoms with E-state index in [9.17, 15) is 9.59 Å². The van der Waals surface area contributed by atoms with Gasteiger partial charge in [-0.15, -0.1) is 11.3 Å². The molecule has 2 rings (SSSR count). The van der Waals surface area contributed by atoms with Gasteiger partial charge in [-0.2, -0.15) is 0 Å². The molecule has 0 radical (unpaired) electrons. The van der Waals surface area contributed by atoms with Crippen molar-refractivity contribution in [2.45, 2.75) is 13.0 Å². The molecule has 0 spiro atoms. The van der Waals surface area contributed by atoms with Crippen molar-refractivity contribution in [2.75, 3.05) is 13.7 Å². The molecule has 0 unspecified atom stereocenters. The Morgan fingerprint density at radius 1 is 1.47 bits per heavy atom. The van der Waals surface area contributed by atoms with Crippen molar-refractivity contribution in [3.05, 3.63) is 34.0 Å². The highest BCUT2D eigenvalue weighted by molar-refractivity contribution is 7.10. The fraction of sp³-hybridized carbons (Fsp3) is 0.333. The van der Waals surface area contributed by atoms with Crippen LogP contribution in [0.2, 0.25) is 0 Å². The number of esters is 1. The van der Waals surface area contributed by atoms with Crippen molar-refractivity contribution in [1.29, 1.82) is 0 Å². The predicted octanol–water partition coefficient (Wildman–Crippen LogP) is 1.36. The Bertz CT molecular complexity index is 464. The minimum absolute atomic E-state index is 0.146. The summed E-state index contributed by atoms with van der Waals surface area (Å²) in [6, 6.07) is 2.05. The van der Waals surface area contributed by atoms with Crippen molar-refractivity contribution in [1.82, 2.24) is 4.90 Å². The monoisotopic (exact) mass is 251 g/mol. The number of ether oxygens (including phenoxy) is 1. The standard InChI is InChI=1S/C12H13NO3S/c1-16-12(15)3-2-11(14)13-6-4-10-9(8-13)5-7-17-10/h2-3,5,7H,4,6,8H2,1H3/b3-2-. The molecule has 0 N–H and O–H groups in total. The highest BCUT2D eigenvalue weighted by Crippen LogP contribution is 2.23. The van der Waals surface area contributed by atoms with E-state index in [1.54, 1.807) is 16.2 Å². The zero-order chi connectivity index (χ0) is 12.3. The summed E-state index contributed by atoms with van der Waals surface area (Å²) in [4.78, 5) is 25.7. The van der Waals surface area contributed by atoms with E-state index in [1.807, 2.05) is 11.4 Å². The third-order valence-corrected chi connectivity index (χ3v) is 3.71. The number of fused-ring (bicyclic) bond motifs is 1. The topological polar surface area (TPSA) is 46.6 Å². The van der Waals surface area contributed by atoms with E-state index in [-0.39, 0.29) is 5.91 Å². The SMILES string of the molecule is COC(=O)/C=C\C(=O)N1CCc2sccc2C1. The molecule has 1 aliphatic heterocycles. The molecule has 0 saturated carbocycles. The lowest BCUT2D eigenvalue weighted by molar-refractivity contribution is -0.135. The van der Waals surface area contributed by atoms with Crippen LogP contribution in [0.3, 0.4) is 0 Å². The first-order valence-corrected chi connectivity index (χ1v) is 6.19. The number of amides is 1. The summed E-state index contributed by atoms with van der Waals surface area (Å²) in [7, 11) is 1.29. The number of thiophene rings is 1. The van der Waals surface area contributed by atoms with Crippen LogP contribution in [0.15, 0.2) is 23.6 Å². The number of carbonyl (C=O) groups excluding carboxylic acids is 2. The molecular weight excluding hydrogens is 238 g/mol. The second-order valence-corrected chi connectivity index (χ2v) is 4.74. The van der Waals surface area contributed by atoms with Gasteiger partial charge in [-0.25, -0.2) is 4.79 Å². The maximum atomic E-state index is 11.8. The quantitative estimate of drug-likeness (QED) is 0.589. The Balaban J connectivity index is 1.99. The fourth-order valence-electron chi connectivity index (χ4n) is 1.75. The van der Waals surface area contributed by atoms with Crippen LogP contribution in [0.4, 0.5) is 0 Å². The molecule has 0 saturated heterocycles. The lowest BCUT2D eigenvalue weighted by Crippen LogP contribution is -2.34. The van der Waals surface area contributed by atoms with Gasteiger partial charge in [0, 0.05) is 30.1 Å². The van der Waals surface area contributed by atoms with Crippen molar-refractivity contribution in [2.24, 2.45) is 0 Å². The summed E-state index contributed by atoms with van der Waals surface area (Å²) in [5.74, 6) is -0.654. The van der Waals surface area contributed by atoms with Crippen molar-refractivity contribution < 1.29 is 14.3 Å². The second-order valence-electron chi connectivity index (χ2n) is 3.74. The third-order valence-electron chi connectivity index (χ3n) is 2.68. The molecule has 1 aromatic heterocycles. The molecule has 1 amide bonds. The third kappa shape index (κ3) is 2.74. The van der Waals surface area contributed by atoms with Gasteiger partial charge in [0.1, 0.15) is 0 Å². The average Bonchev–Trinajstić information content (AvgIpc) is 2.82. The lowest BCUT2D eigenvalue weighted by atomic mass is 10.1. The molecule has 0 atom stereocenters. The van der Waals surface area contributed by atoms with Gasteiger partial charge in [0.25, 0.3) is 0 Å². The van der Waals surface area contributed by atoms with E-state index in [0.29, 0.717) is 13.1 Å². The Morgan fingerprint density at radius 2 is 2.29 bits per heavy atom. The van der Waals surface area contributed by atoms with Gasteiger partial charge in [-0.1, -0.05) is 0 Å². The first-order valence-electron chi connectivity index (χ1n) is 5.31. The van der Waals surface area contributed by atoms with Gasteiger partial charge < -0.3 is 9.64 Å². The molecular formula is C12H13NO3S. The van der Waals surface area contributed by atoms with E-state index in [2.05, 4.69) is 4.74 Å². The summed E-state index contributed by atoms with van der Waals surface area (Å²) in [5, 5.41) is 2.04. The van der Waals surface area contributed by atoms with Crippen LogP contribution in [0.25, 0.3) is 0 Å². The van der Waals surface area contributed by atoms with Gasteiger partial charge in [0.05, 0.1) is 7.11 Å². The van der Waals surface area contributed by atoms with Crippen molar-refractivity contribution >= 4 is 23.2 Å². The molecule has 4 nitrogen and oxygen atoms in total. The average molecular weight is 251 g/mol. The van der Waals surface area contributed by atoms with Gasteiger partial charge in [0.15, 0.2) is 0 Å². The Morgan fingerprint density at radius 3 is 3.06 bits per heavy atom. The Hall–Kier alpha value is -1.62. The molecule has 17 heavy (non-hydrogen) atoms. The smallest absolute Gasteiger partial charge is 0.330 e. The number of rotatable bonds is 2. The number of nitrogens with zero attached hydrogens (tertiary/aromatic N) is 1. The molecule has 90 valence electrons. The maximum absolute atomic E-state index is 11.8. The van der Waals surface area contributed by atoms with Crippen LogP contribution in [0, 0.1) is 0 Å². The van der Waals surface area contributed by atoms with Crippen LogP contribution in [-0.2, 0) is 27.3 Å². The molecule has 0 aliphatic carbocycles. The van der Waals surface area contributed by atoms with Gasteiger partial charge in [0.2, 0.25) is 5.91 Å². The van der Waals surface area contributed by atoms with Gasteiger partial charge in [-0.05, 0) is 23.4 Å². The molecule has 0 fully saturated rings. The largest absolute Gasteiger partial charge is 0.466 e. The first-order chi connectivity index (χ1) is 8.20. The second kappa shape index (κ2) is 5.14. The maximum Gasteiger partial charge on any atom is 0.330 e. The summed E-state index contributed by atoms with van der Waals surface area (Å²) >= 11 is 1.73. The van der Waals surface area contributed by atoms with E-state index < -0.39 is 5.97 Å². The van der Waals surface area contributed by atoms with Crippen LogP contribution in [0.1, 0.15) is 10.4 Å². The van der Waals surface area contributed by atoms with E-state index >= 15 is 0 Å². The van der Waals surface area contributed by atoms with Crippen LogP contribution < -0.4 is 0 Å².